The van der Waals surface area contributed by atoms with Crippen molar-refractivity contribution in [3.63, 3.8) is 0 Å². The van der Waals surface area contributed by atoms with Crippen LogP contribution >= 0.6 is 0 Å². The Bertz CT molecular complexity index is 3480. The summed E-state index contributed by atoms with van der Waals surface area (Å²) in [5, 5.41) is 15.1. The van der Waals surface area contributed by atoms with Crippen LogP contribution in [0.1, 0.15) is 33.3 Å². The van der Waals surface area contributed by atoms with Crippen molar-refractivity contribution in [2.75, 3.05) is 0 Å². The molecule has 0 spiro atoms. The number of fused-ring (bicyclic) bond motifs is 6. The van der Waals surface area contributed by atoms with E-state index in [4.69, 9.17) is 0 Å². The van der Waals surface area contributed by atoms with Gasteiger partial charge in [0.1, 0.15) is 0 Å². The highest BCUT2D eigenvalue weighted by molar-refractivity contribution is 6.23. The molecule has 0 bridgehead atoms. The molecule has 0 unspecified atom stereocenters. The number of benzene rings is 11. The third-order valence-corrected chi connectivity index (χ3v) is 12.5. The second-order valence-corrected chi connectivity index (χ2v) is 15.8. The van der Waals surface area contributed by atoms with Crippen molar-refractivity contribution in [3.05, 3.63) is 224 Å². The molecule has 0 amide bonds. The maximum absolute atomic E-state index is 2.44. The fraction of sp³-hybridized carbons (Fsp3) is 0.0645. The molecule has 0 aromatic heterocycles. The molecule has 0 saturated heterocycles. The van der Waals surface area contributed by atoms with E-state index in [0.717, 1.165) is 0 Å². The Labute approximate surface area is 364 Å². The van der Waals surface area contributed by atoms with E-state index in [1.165, 1.54) is 120 Å². The van der Waals surface area contributed by atoms with Gasteiger partial charge in [-0.15, -0.1) is 0 Å². The van der Waals surface area contributed by atoms with Gasteiger partial charge in [0.2, 0.25) is 0 Å². The zero-order chi connectivity index (χ0) is 42.2. The maximum Gasteiger partial charge on any atom is -0.00259 e. The molecule has 0 aliphatic heterocycles. The Morgan fingerprint density at radius 2 is 0.677 bits per heavy atom. The summed E-state index contributed by atoms with van der Waals surface area (Å²) in [5.74, 6) is 0. The number of allylic oxidation sites excluding steroid dienone is 4. The van der Waals surface area contributed by atoms with E-state index in [1.54, 1.807) is 0 Å². The molecule has 0 heteroatoms. The minimum Gasteiger partial charge on any atom is -0.0871 e. The van der Waals surface area contributed by atoms with Gasteiger partial charge in [-0.25, -0.2) is 0 Å². The SMILES string of the molecule is C/C=C\C(=C/C)c1c2ccccc2c(-c2ccc(-c3ccc4c(-c5ccc6ccccc6c5)c5ccccc5c(-c5ccc6ccccc6c5)c4c3)cc2)c2ccccc12.CC. The predicted molar refractivity (Wildman–Crippen MR) is 273 cm³/mol. The molecule has 62 heavy (non-hydrogen) atoms. The van der Waals surface area contributed by atoms with Crippen LogP contribution in [-0.4, -0.2) is 0 Å². The summed E-state index contributed by atoms with van der Waals surface area (Å²) < 4.78 is 0. The summed E-state index contributed by atoms with van der Waals surface area (Å²) in [6.07, 6.45) is 6.59. The molecule has 0 aliphatic rings. The van der Waals surface area contributed by atoms with Gasteiger partial charge in [-0.2, -0.15) is 0 Å². The Hall–Kier alpha value is -7.54. The van der Waals surface area contributed by atoms with Crippen LogP contribution in [0.4, 0.5) is 0 Å². The highest BCUT2D eigenvalue weighted by atomic mass is 14.2. The van der Waals surface area contributed by atoms with Gasteiger partial charge in [0.25, 0.3) is 0 Å². The molecule has 0 fully saturated rings. The molecule has 11 rings (SSSR count). The van der Waals surface area contributed by atoms with Crippen molar-refractivity contribution >= 4 is 70.2 Å². The van der Waals surface area contributed by atoms with E-state index < -0.39 is 0 Å². The predicted octanol–water partition coefficient (Wildman–Crippen LogP) is 18.3. The number of hydrogen-bond acceptors (Lipinski definition) is 0. The molecule has 0 saturated carbocycles. The zero-order valence-corrected chi connectivity index (χ0v) is 35.8. The molecule has 0 aliphatic carbocycles. The Morgan fingerprint density at radius 3 is 1.18 bits per heavy atom. The standard InChI is InChI=1S/C60H42.C2H6/c1-3-15-39(4-2)57-49-20-9-11-22-51(49)58(52-23-12-10-21-50(52)57)43-30-26-42(27-31-43)46-34-35-55-56(38-46)60(48-33-29-41-17-6-8-19-45(41)37-48)54-25-14-13-24-53(54)59(55)47-32-28-40-16-5-7-18-44(40)36-47;1-2/h3-38H,1-2H3;1-2H3/b15-3-,39-4+;. The van der Waals surface area contributed by atoms with Gasteiger partial charge >= 0.3 is 0 Å². The second kappa shape index (κ2) is 16.5. The largest absolute Gasteiger partial charge is 0.0871 e. The molecule has 11 aromatic rings. The van der Waals surface area contributed by atoms with Crippen molar-refractivity contribution in [1.82, 2.24) is 0 Å². The molecule has 0 heterocycles. The first-order valence-corrected chi connectivity index (χ1v) is 22.0. The van der Waals surface area contributed by atoms with E-state index in [9.17, 15) is 0 Å². The topological polar surface area (TPSA) is 0 Å². The van der Waals surface area contributed by atoms with Crippen molar-refractivity contribution < 1.29 is 0 Å². The smallest absolute Gasteiger partial charge is 0.00259 e. The number of hydrogen-bond donors (Lipinski definition) is 0. The van der Waals surface area contributed by atoms with Gasteiger partial charge < -0.3 is 0 Å². The van der Waals surface area contributed by atoms with Crippen molar-refractivity contribution in [2.45, 2.75) is 27.7 Å². The van der Waals surface area contributed by atoms with Crippen LogP contribution in [0.15, 0.2) is 218 Å². The molecule has 0 radical (unpaired) electrons. The lowest BCUT2D eigenvalue weighted by Crippen LogP contribution is -1.93. The molecule has 11 aromatic carbocycles. The normalized spacial score (nSPS) is 11.9. The van der Waals surface area contributed by atoms with Crippen LogP contribution in [-0.2, 0) is 0 Å². The summed E-state index contributed by atoms with van der Waals surface area (Å²) in [5.41, 5.74) is 12.4. The van der Waals surface area contributed by atoms with Crippen molar-refractivity contribution in [3.8, 4) is 44.5 Å². The lowest BCUT2D eigenvalue weighted by Gasteiger charge is -2.20. The fourth-order valence-electron chi connectivity index (χ4n) is 9.75. The van der Waals surface area contributed by atoms with E-state index in [0.29, 0.717) is 0 Å². The number of rotatable bonds is 6. The monoisotopic (exact) mass is 792 g/mol. The minimum atomic E-state index is 1.19. The van der Waals surface area contributed by atoms with Gasteiger partial charge in [-0.05, 0) is 152 Å². The van der Waals surface area contributed by atoms with Crippen LogP contribution in [0.3, 0.4) is 0 Å². The van der Waals surface area contributed by atoms with Crippen molar-refractivity contribution in [1.29, 1.82) is 0 Å². The Balaban J connectivity index is 0.00000226. The average Bonchev–Trinajstić information content (AvgIpc) is 3.34. The van der Waals surface area contributed by atoms with Gasteiger partial charge in [0.05, 0.1) is 0 Å². The molecule has 0 nitrogen and oxygen atoms in total. The Morgan fingerprint density at radius 1 is 0.306 bits per heavy atom. The van der Waals surface area contributed by atoms with Gasteiger partial charge in [-0.3, -0.25) is 0 Å². The average molecular weight is 793 g/mol. The van der Waals surface area contributed by atoms with Gasteiger partial charge in [-0.1, -0.05) is 214 Å². The van der Waals surface area contributed by atoms with Gasteiger partial charge in [0.15, 0.2) is 0 Å². The van der Waals surface area contributed by atoms with Crippen LogP contribution in [0.5, 0.6) is 0 Å². The first-order valence-electron chi connectivity index (χ1n) is 22.0. The van der Waals surface area contributed by atoms with Crippen LogP contribution < -0.4 is 0 Å². The van der Waals surface area contributed by atoms with Crippen LogP contribution in [0, 0.1) is 0 Å². The lowest BCUT2D eigenvalue weighted by molar-refractivity contribution is 1.50. The quantitative estimate of drug-likeness (QED) is 0.116. The van der Waals surface area contributed by atoms with Crippen molar-refractivity contribution in [2.24, 2.45) is 0 Å². The Kier molecular flexibility index (Phi) is 10.3. The molecular weight excluding hydrogens is 745 g/mol. The van der Waals surface area contributed by atoms with Crippen LogP contribution in [0.25, 0.3) is 115 Å². The molecule has 0 N–H and O–H groups in total. The maximum atomic E-state index is 2.44. The highest BCUT2D eigenvalue weighted by Gasteiger charge is 2.20. The van der Waals surface area contributed by atoms with E-state index >= 15 is 0 Å². The fourth-order valence-corrected chi connectivity index (χ4v) is 9.75. The molecule has 0 atom stereocenters. The third-order valence-electron chi connectivity index (χ3n) is 12.5. The lowest BCUT2D eigenvalue weighted by atomic mass is 9.84. The second-order valence-electron chi connectivity index (χ2n) is 15.8. The molecule has 296 valence electrons. The highest BCUT2D eigenvalue weighted by Crippen LogP contribution is 2.47. The van der Waals surface area contributed by atoms with E-state index in [2.05, 4.69) is 232 Å². The first kappa shape index (κ1) is 38.6. The molecular formula is C62H48. The summed E-state index contributed by atoms with van der Waals surface area (Å²) in [6.45, 7) is 8.23. The van der Waals surface area contributed by atoms with E-state index in [-0.39, 0.29) is 0 Å². The summed E-state index contributed by atoms with van der Waals surface area (Å²) >= 11 is 0. The first-order chi connectivity index (χ1) is 30.7. The van der Waals surface area contributed by atoms with Crippen LogP contribution in [0.2, 0.25) is 0 Å². The third kappa shape index (κ3) is 6.57. The summed E-state index contributed by atoms with van der Waals surface area (Å²) in [7, 11) is 0. The van der Waals surface area contributed by atoms with E-state index in [1.807, 2.05) is 13.8 Å². The summed E-state index contributed by atoms with van der Waals surface area (Å²) in [4.78, 5) is 0. The van der Waals surface area contributed by atoms with Gasteiger partial charge in [0, 0.05) is 0 Å². The minimum absolute atomic E-state index is 1.19. The summed E-state index contributed by atoms with van der Waals surface area (Å²) in [6, 6.07) is 74.3. The zero-order valence-electron chi connectivity index (χ0n) is 35.8.